The number of carbonyl (C=O) groups is 2. The number of amides is 2. The standard InChI is InChI=1S/C35H38N4O4/c1-24(2)39-21-25(3)32(23-38(4)22-26-15-17-29(18-16-26)42-28-11-6-5-7-12-28)43-33-30(35(39)41)13-8-14-31(33)37-34(40)27-10-9-19-36-20-27/h5-20,24-25,32H,21-23H2,1-4H3,(H,37,40)/t25-,32+/m0/s1. The maximum absolute atomic E-state index is 13.7. The second-order valence-corrected chi connectivity index (χ2v) is 11.3. The molecule has 0 saturated carbocycles. The molecule has 2 heterocycles. The van der Waals surface area contributed by atoms with Gasteiger partial charge in [0.1, 0.15) is 17.6 Å². The molecule has 0 fully saturated rings. The van der Waals surface area contributed by atoms with Gasteiger partial charge in [-0.15, -0.1) is 0 Å². The highest BCUT2D eigenvalue weighted by molar-refractivity contribution is 6.07. The van der Waals surface area contributed by atoms with E-state index in [1.54, 1.807) is 36.5 Å². The topological polar surface area (TPSA) is 84.0 Å². The summed E-state index contributed by atoms with van der Waals surface area (Å²) in [5, 5.41) is 2.95. The highest BCUT2D eigenvalue weighted by atomic mass is 16.5. The van der Waals surface area contributed by atoms with Gasteiger partial charge in [-0.05, 0) is 75.0 Å². The number of para-hydroxylation sites is 2. The summed E-state index contributed by atoms with van der Waals surface area (Å²) >= 11 is 0. The minimum Gasteiger partial charge on any atom is -0.486 e. The van der Waals surface area contributed by atoms with Crippen molar-refractivity contribution in [1.82, 2.24) is 14.8 Å². The number of nitrogens with one attached hydrogen (secondary N) is 1. The largest absolute Gasteiger partial charge is 0.486 e. The van der Waals surface area contributed by atoms with Crippen molar-refractivity contribution in [3.05, 3.63) is 114 Å². The first-order valence-corrected chi connectivity index (χ1v) is 14.6. The predicted molar refractivity (Wildman–Crippen MR) is 168 cm³/mol. The highest BCUT2D eigenvalue weighted by Gasteiger charge is 2.34. The number of pyridine rings is 1. The number of ether oxygens (including phenoxy) is 2. The van der Waals surface area contributed by atoms with Gasteiger partial charge in [0.25, 0.3) is 11.8 Å². The van der Waals surface area contributed by atoms with Gasteiger partial charge in [0.05, 0.1) is 16.8 Å². The third-order valence-corrected chi connectivity index (χ3v) is 7.54. The van der Waals surface area contributed by atoms with E-state index in [-0.39, 0.29) is 29.9 Å². The summed E-state index contributed by atoms with van der Waals surface area (Å²) in [6.45, 7) is 8.04. The maximum Gasteiger partial charge on any atom is 0.257 e. The van der Waals surface area contributed by atoms with Crippen molar-refractivity contribution in [2.45, 2.75) is 39.5 Å². The van der Waals surface area contributed by atoms with Crippen molar-refractivity contribution in [1.29, 1.82) is 0 Å². The molecule has 8 heteroatoms. The smallest absolute Gasteiger partial charge is 0.257 e. The maximum atomic E-state index is 13.7. The first-order valence-electron chi connectivity index (χ1n) is 14.6. The van der Waals surface area contributed by atoms with Gasteiger partial charge in [-0.25, -0.2) is 0 Å². The number of benzene rings is 3. The summed E-state index contributed by atoms with van der Waals surface area (Å²) in [6.07, 6.45) is 2.89. The van der Waals surface area contributed by atoms with Crippen molar-refractivity contribution >= 4 is 17.5 Å². The molecule has 43 heavy (non-hydrogen) atoms. The average Bonchev–Trinajstić information content (AvgIpc) is 3.01. The molecular formula is C35H38N4O4. The summed E-state index contributed by atoms with van der Waals surface area (Å²) in [5.74, 6) is 1.58. The third-order valence-electron chi connectivity index (χ3n) is 7.54. The van der Waals surface area contributed by atoms with Gasteiger partial charge >= 0.3 is 0 Å². The monoisotopic (exact) mass is 578 g/mol. The van der Waals surface area contributed by atoms with E-state index in [0.717, 1.165) is 17.1 Å². The Hall–Kier alpha value is -4.69. The SMILES string of the molecule is CC(C)N1C[C@H](C)[C@@H](CN(C)Cc2ccc(Oc3ccccc3)cc2)Oc2c(NC(=O)c3cccnc3)cccc2C1=O. The van der Waals surface area contributed by atoms with Crippen LogP contribution in [-0.2, 0) is 6.54 Å². The Balaban J connectivity index is 1.35. The number of likely N-dealkylation sites (N-methyl/N-ethyl adjacent to an activating group) is 1. The fourth-order valence-electron chi connectivity index (χ4n) is 5.19. The Morgan fingerprint density at radius 2 is 1.77 bits per heavy atom. The predicted octanol–water partition coefficient (Wildman–Crippen LogP) is 6.51. The second-order valence-electron chi connectivity index (χ2n) is 11.3. The molecule has 0 radical (unpaired) electrons. The van der Waals surface area contributed by atoms with Gasteiger partial charge in [0.15, 0.2) is 5.75 Å². The van der Waals surface area contributed by atoms with Crippen LogP contribution in [0, 0.1) is 5.92 Å². The van der Waals surface area contributed by atoms with E-state index < -0.39 is 0 Å². The minimum atomic E-state index is -0.318. The molecule has 2 amide bonds. The number of fused-ring (bicyclic) bond motifs is 1. The molecule has 222 valence electrons. The lowest BCUT2D eigenvalue weighted by Crippen LogP contribution is -2.48. The molecule has 0 unspecified atom stereocenters. The molecule has 0 aliphatic carbocycles. The number of aromatic nitrogens is 1. The van der Waals surface area contributed by atoms with E-state index in [0.29, 0.717) is 42.2 Å². The first kappa shape index (κ1) is 29.8. The lowest BCUT2D eigenvalue weighted by molar-refractivity contribution is 0.0433. The molecule has 1 aromatic heterocycles. The fraction of sp³-hybridized carbons (Fsp3) is 0.286. The van der Waals surface area contributed by atoms with Crippen LogP contribution in [0.15, 0.2) is 97.3 Å². The number of hydrogen-bond donors (Lipinski definition) is 1. The molecule has 1 N–H and O–H groups in total. The van der Waals surface area contributed by atoms with Crippen LogP contribution in [0.1, 0.15) is 47.1 Å². The van der Waals surface area contributed by atoms with E-state index in [1.807, 2.05) is 61.2 Å². The van der Waals surface area contributed by atoms with Crippen molar-refractivity contribution in [3.63, 3.8) is 0 Å². The Kier molecular flexibility index (Phi) is 9.37. The zero-order valence-corrected chi connectivity index (χ0v) is 25.1. The fourth-order valence-corrected chi connectivity index (χ4v) is 5.19. The summed E-state index contributed by atoms with van der Waals surface area (Å²) in [5.41, 5.74) is 2.46. The van der Waals surface area contributed by atoms with Gasteiger partial charge in [-0.3, -0.25) is 19.5 Å². The quantitative estimate of drug-likeness (QED) is 0.244. The molecular weight excluding hydrogens is 540 g/mol. The lowest BCUT2D eigenvalue weighted by Gasteiger charge is -2.38. The Morgan fingerprint density at radius 3 is 2.47 bits per heavy atom. The molecule has 3 aromatic carbocycles. The van der Waals surface area contributed by atoms with Gasteiger partial charge in [-0.2, -0.15) is 0 Å². The van der Waals surface area contributed by atoms with Gasteiger partial charge in [-0.1, -0.05) is 43.3 Å². The van der Waals surface area contributed by atoms with Crippen LogP contribution >= 0.6 is 0 Å². The molecule has 1 aliphatic heterocycles. The van der Waals surface area contributed by atoms with E-state index in [2.05, 4.69) is 41.3 Å². The number of nitrogens with zero attached hydrogens (tertiary/aromatic N) is 3. The zero-order chi connectivity index (χ0) is 30.3. The van der Waals surface area contributed by atoms with Crippen molar-refractivity contribution in [3.8, 4) is 17.2 Å². The van der Waals surface area contributed by atoms with Crippen LogP contribution in [0.5, 0.6) is 17.2 Å². The summed E-state index contributed by atoms with van der Waals surface area (Å²) in [4.78, 5) is 34.9. The van der Waals surface area contributed by atoms with Crippen molar-refractivity contribution in [2.75, 3.05) is 25.5 Å². The zero-order valence-electron chi connectivity index (χ0n) is 25.1. The van der Waals surface area contributed by atoms with Crippen molar-refractivity contribution < 1.29 is 19.1 Å². The van der Waals surface area contributed by atoms with Crippen molar-refractivity contribution in [2.24, 2.45) is 5.92 Å². The number of hydrogen-bond acceptors (Lipinski definition) is 6. The summed E-state index contributed by atoms with van der Waals surface area (Å²) in [7, 11) is 2.06. The minimum absolute atomic E-state index is 0.00420. The van der Waals surface area contributed by atoms with E-state index in [1.165, 1.54) is 6.20 Å². The van der Waals surface area contributed by atoms with Crippen LogP contribution in [0.2, 0.25) is 0 Å². The number of carbonyl (C=O) groups excluding carboxylic acids is 2. The summed E-state index contributed by atoms with van der Waals surface area (Å²) < 4.78 is 12.6. The number of rotatable bonds is 9. The van der Waals surface area contributed by atoms with Crippen LogP contribution in [0.25, 0.3) is 0 Å². The molecule has 0 bridgehead atoms. The van der Waals surface area contributed by atoms with Gasteiger partial charge < -0.3 is 19.7 Å². The Bertz CT molecular complexity index is 1530. The van der Waals surface area contributed by atoms with Crippen LogP contribution in [0.4, 0.5) is 5.69 Å². The van der Waals surface area contributed by atoms with Crippen LogP contribution < -0.4 is 14.8 Å². The third kappa shape index (κ3) is 7.40. The highest BCUT2D eigenvalue weighted by Crippen LogP contribution is 2.35. The van der Waals surface area contributed by atoms with E-state index in [4.69, 9.17) is 9.47 Å². The number of anilines is 1. The molecule has 2 atom stereocenters. The average molecular weight is 579 g/mol. The molecule has 4 aromatic rings. The Morgan fingerprint density at radius 1 is 1.02 bits per heavy atom. The van der Waals surface area contributed by atoms with Crippen LogP contribution in [-0.4, -0.2) is 58.9 Å². The molecule has 0 spiro atoms. The van der Waals surface area contributed by atoms with E-state index >= 15 is 0 Å². The lowest BCUT2D eigenvalue weighted by atomic mass is 9.99. The molecule has 1 aliphatic rings. The molecule has 5 rings (SSSR count). The second kappa shape index (κ2) is 13.5. The first-order chi connectivity index (χ1) is 20.8. The van der Waals surface area contributed by atoms with E-state index in [9.17, 15) is 9.59 Å². The van der Waals surface area contributed by atoms with Gasteiger partial charge in [0, 0.05) is 44.0 Å². The van der Waals surface area contributed by atoms with Crippen LogP contribution in [0.3, 0.4) is 0 Å². The summed E-state index contributed by atoms with van der Waals surface area (Å²) in [6, 6.07) is 26.5. The molecule has 8 nitrogen and oxygen atoms in total. The normalized spacial score (nSPS) is 16.7. The Labute approximate surface area is 253 Å². The molecule has 0 saturated heterocycles. The van der Waals surface area contributed by atoms with Gasteiger partial charge in [0.2, 0.25) is 0 Å².